The van der Waals surface area contributed by atoms with Crippen molar-refractivity contribution in [2.75, 3.05) is 0 Å². The maximum Gasteiger partial charge on any atom is 0.0622 e. The molecule has 1 rings (SSSR count). The molecule has 0 radical (unpaired) electrons. The van der Waals surface area contributed by atoms with Gasteiger partial charge in [0, 0.05) is 0 Å². The molecule has 0 aromatic carbocycles. The predicted octanol–water partition coefficient (Wildman–Crippen LogP) is 5.96. The van der Waals surface area contributed by atoms with E-state index in [9.17, 15) is 5.11 Å². The van der Waals surface area contributed by atoms with Gasteiger partial charge in [-0.05, 0) is 85.5 Å². The molecule has 120 valence electrons. The van der Waals surface area contributed by atoms with E-state index in [2.05, 4.69) is 39.0 Å². The maximum atomic E-state index is 10.4. The number of hydrogen-bond acceptors (Lipinski definition) is 1. The summed E-state index contributed by atoms with van der Waals surface area (Å²) in [4.78, 5) is 0. The van der Waals surface area contributed by atoms with E-state index in [1.165, 1.54) is 23.1 Å². The molecule has 0 aromatic heterocycles. The van der Waals surface area contributed by atoms with Crippen molar-refractivity contribution in [2.24, 2.45) is 5.92 Å². The molecule has 0 bridgehead atoms. The summed E-state index contributed by atoms with van der Waals surface area (Å²) in [5, 5.41) is 10.4. The Kier molecular flexibility index (Phi) is 7.45. The largest absolute Gasteiger partial charge is 0.390 e. The molecule has 1 nitrogen and oxygen atoms in total. The predicted molar refractivity (Wildman–Crippen MR) is 93.4 cm³/mol. The molecule has 0 unspecified atom stereocenters. The van der Waals surface area contributed by atoms with Crippen LogP contribution in [0.3, 0.4) is 0 Å². The minimum Gasteiger partial charge on any atom is -0.390 e. The van der Waals surface area contributed by atoms with E-state index in [-0.39, 0.29) is 0 Å². The molecule has 0 saturated heterocycles. The van der Waals surface area contributed by atoms with Gasteiger partial charge in [0.25, 0.3) is 0 Å². The highest BCUT2D eigenvalue weighted by Gasteiger charge is 2.25. The van der Waals surface area contributed by atoms with Crippen molar-refractivity contribution in [1.29, 1.82) is 0 Å². The molecule has 0 saturated carbocycles. The number of aliphatic hydroxyl groups is 1. The zero-order valence-corrected chi connectivity index (χ0v) is 14.7. The van der Waals surface area contributed by atoms with Gasteiger partial charge in [0.2, 0.25) is 0 Å². The molecule has 0 aromatic rings. The first kappa shape index (κ1) is 18.2. The van der Waals surface area contributed by atoms with E-state index in [1.54, 1.807) is 0 Å². The Hall–Kier alpha value is -0.820. The average molecular weight is 290 g/mol. The smallest absolute Gasteiger partial charge is 0.0622 e. The molecule has 1 atom stereocenters. The van der Waals surface area contributed by atoms with Crippen molar-refractivity contribution < 1.29 is 5.11 Å². The molecular weight excluding hydrogens is 256 g/mol. The third kappa shape index (κ3) is 7.66. The molecule has 0 amide bonds. The minimum absolute atomic E-state index is 0.344. The highest BCUT2D eigenvalue weighted by molar-refractivity contribution is 5.07. The van der Waals surface area contributed by atoms with Gasteiger partial charge in [-0.1, -0.05) is 34.9 Å². The molecule has 0 fully saturated rings. The lowest BCUT2D eigenvalue weighted by atomic mass is 9.83. The van der Waals surface area contributed by atoms with Crippen LogP contribution in [0.1, 0.15) is 79.6 Å². The van der Waals surface area contributed by atoms with Crippen molar-refractivity contribution >= 4 is 0 Å². The van der Waals surface area contributed by atoms with E-state index < -0.39 is 5.60 Å². The Bertz CT molecular complexity index is 404. The fourth-order valence-electron chi connectivity index (χ4n) is 2.90. The van der Waals surface area contributed by atoms with Gasteiger partial charge in [-0.2, -0.15) is 0 Å². The first-order chi connectivity index (χ1) is 9.79. The highest BCUT2D eigenvalue weighted by Crippen LogP contribution is 2.28. The molecular formula is C20H34O. The zero-order chi connectivity index (χ0) is 15.9. The van der Waals surface area contributed by atoms with Gasteiger partial charge in [-0.25, -0.2) is 0 Å². The van der Waals surface area contributed by atoms with E-state index in [0.717, 1.165) is 38.5 Å². The minimum atomic E-state index is -0.593. The van der Waals surface area contributed by atoms with Gasteiger partial charge >= 0.3 is 0 Å². The van der Waals surface area contributed by atoms with Crippen LogP contribution in [0.15, 0.2) is 34.9 Å². The quantitative estimate of drug-likeness (QED) is 0.591. The molecule has 0 spiro atoms. The van der Waals surface area contributed by atoms with Crippen LogP contribution in [0.2, 0.25) is 0 Å². The van der Waals surface area contributed by atoms with Crippen LogP contribution in [0.25, 0.3) is 0 Å². The molecule has 1 aliphatic carbocycles. The third-order valence-electron chi connectivity index (χ3n) is 4.70. The molecule has 21 heavy (non-hydrogen) atoms. The number of rotatable bonds is 1. The van der Waals surface area contributed by atoms with Gasteiger partial charge < -0.3 is 5.11 Å². The van der Waals surface area contributed by atoms with Gasteiger partial charge in [0.1, 0.15) is 0 Å². The van der Waals surface area contributed by atoms with Crippen molar-refractivity contribution in [3.63, 3.8) is 0 Å². The van der Waals surface area contributed by atoms with Gasteiger partial charge in [0.05, 0.1) is 5.60 Å². The van der Waals surface area contributed by atoms with E-state index in [1.807, 2.05) is 13.8 Å². The summed E-state index contributed by atoms with van der Waals surface area (Å²) >= 11 is 0. The summed E-state index contributed by atoms with van der Waals surface area (Å²) in [7, 11) is 0. The first-order valence-corrected chi connectivity index (χ1v) is 8.48. The summed E-state index contributed by atoms with van der Waals surface area (Å²) in [6.07, 6.45) is 14.9. The third-order valence-corrected chi connectivity index (χ3v) is 4.70. The summed E-state index contributed by atoms with van der Waals surface area (Å²) in [5.74, 6) is 0.344. The Morgan fingerprint density at radius 1 is 0.857 bits per heavy atom. The first-order valence-electron chi connectivity index (χ1n) is 8.48. The molecule has 1 N–H and O–H groups in total. The fourth-order valence-corrected chi connectivity index (χ4v) is 2.90. The average Bonchev–Trinajstić information content (AvgIpc) is 2.36. The molecule has 1 aliphatic rings. The van der Waals surface area contributed by atoms with E-state index >= 15 is 0 Å². The lowest BCUT2D eigenvalue weighted by Crippen LogP contribution is -2.30. The molecule has 0 heterocycles. The highest BCUT2D eigenvalue weighted by atomic mass is 16.3. The van der Waals surface area contributed by atoms with E-state index in [0.29, 0.717) is 5.92 Å². The maximum absolute atomic E-state index is 10.4. The second-order valence-electron chi connectivity index (χ2n) is 7.35. The van der Waals surface area contributed by atoms with Crippen LogP contribution < -0.4 is 0 Å². The Balaban J connectivity index is 2.83. The summed E-state index contributed by atoms with van der Waals surface area (Å²) < 4.78 is 0. The Morgan fingerprint density at radius 2 is 1.33 bits per heavy atom. The van der Waals surface area contributed by atoms with Crippen LogP contribution in [0.4, 0.5) is 0 Å². The van der Waals surface area contributed by atoms with Crippen LogP contribution in [-0.4, -0.2) is 10.7 Å². The van der Waals surface area contributed by atoms with Gasteiger partial charge in [-0.3, -0.25) is 0 Å². The number of allylic oxidation sites excluding steroid dienone is 6. The van der Waals surface area contributed by atoms with Crippen molar-refractivity contribution in [3.8, 4) is 0 Å². The normalized spacial score (nSPS) is 31.1. The van der Waals surface area contributed by atoms with Crippen LogP contribution >= 0.6 is 0 Å². The zero-order valence-electron chi connectivity index (χ0n) is 14.7. The molecule has 0 aliphatic heterocycles. The van der Waals surface area contributed by atoms with Gasteiger partial charge in [-0.15, -0.1) is 0 Å². The second-order valence-corrected chi connectivity index (χ2v) is 7.35. The Morgan fingerprint density at radius 3 is 1.86 bits per heavy atom. The van der Waals surface area contributed by atoms with Crippen molar-refractivity contribution in [3.05, 3.63) is 34.9 Å². The van der Waals surface area contributed by atoms with Crippen LogP contribution in [0, 0.1) is 5.92 Å². The standard InChI is InChI=1S/C20H34O/c1-16-8-6-10-17(2)12-14-19(20(4,5)21)15-13-18(3)11-7-9-16/h8,11-12,19,21H,6-7,9-10,13-15H2,1-5H3/b16-8-,17-12-,18-11-/t19-/m0/s1. The van der Waals surface area contributed by atoms with Crippen LogP contribution in [-0.2, 0) is 0 Å². The molecule has 1 heteroatoms. The van der Waals surface area contributed by atoms with Gasteiger partial charge in [0.15, 0.2) is 0 Å². The number of hydrogen-bond donors (Lipinski definition) is 1. The monoisotopic (exact) mass is 290 g/mol. The lowest BCUT2D eigenvalue weighted by molar-refractivity contribution is 0.0145. The fraction of sp³-hybridized carbons (Fsp3) is 0.700. The second kappa shape index (κ2) is 8.58. The summed E-state index contributed by atoms with van der Waals surface area (Å²) in [5.41, 5.74) is 3.84. The SMILES string of the molecule is C/C1=C/CC/C(C)=C\C[C@H](C(C)(C)O)CC/C(C)=C\CC1. The topological polar surface area (TPSA) is 20.2 Å². The Labute approximate surface area is 131 Å². The summed E-state index contributed by atoms with van der Waals surface area (Å²) in [6, 6.07) is 0. The lowest BCUT2D eigenvalue weighted by Gasteiger charge is -2.29. The summed E-state index contributed by atoms with van der Waals surface area (Å²) in [6.45, 7) is 10.6. The van der Waals surface area contributed by atoms with Crippen LogP contribution in [0.5, 0.6) is 0 Å². The van der Waals surface area contributed by atoms with Crippen molar-refractivity contribution in [1.82, 2.24) is 0 Å². The van der Waals surface area contributed by atoms with E-state index in [4.69, 9.17) is 0 Å². The van der Waals surface area contributed by atoms with Crippen molar-refractivity contribution in [2.45, 2.75) is 85.2 Å².